The highest BCUT2D eigenvalue weighted by molar-refractivity contribution is 7.16. The van der Waals surface area contributed by atoms with Crippen LogP contribution in [0.2, 0.25) is 4.34 Å². The van der Waals surface area contributed by atoms with Gasteiger partial charge in [-0.2, -0.15) is 0 Å². The second-order valence-corrected chi connectivity index (χ2v) is 6.66. The Morgan fingerprint density at radius 3 is 2.55 bits per heavy atom. The number of hydrogen-bond donors (Lipinski definition) is 1. The van der Waals surface area contributed by atoms with Crippen LogP contribution < -0.4 is 10.2 Å². The van der Waals surface area contributed by atoms with Gasteiger partial charge in [0.15, 0.2) is 0 Å². The molecule has 4 nitrogen and oxygen atoms in total. The molecule has 0 bridgehead atoms. The SMILES string of the molecule is CCN(CC)c1ccc(C(=O)NC(C)c2ccc(Cl)s2)cn1. The standard InChI is InChI=1S/C16H20ClN3OS/c1-4-20(5-2)15-9-6-12(10-18-15)16(21)19-11(3)13-7-8-14(17)22-13/h6-11H,4-5H2,1-3H3,(H,19,21). The minimum atomic E-state index is -0.129. The van der Waals surface area contributed by atoms with Crippen LogP contribution in [-0.4, -0.2) is 24.0 Å². The molecule has 0 saturated heterocycles. The van der Waals surface area contributed by atoms with E-state index in [9.17, 15) is 4.79 Å². The summed E-state index contributed by atoms with van der Waals surface area (Å²) in [5.41, 5.74) is 0.561. The third kappa shape index (κ3) is 3.99. The van der Waals surface area contributed by atoms with E-state index in [1.807, 2.05) is 31.2 Å². The van der Waals surface area contributed by atoms with Crippen molar-refractivity contribution in [1.29, 1.82) is 0 Å². The van der Waals surface area contributed by atoms with Crippen molar-refractivity contribution in [2.75, 3.05) is 18.0 Å². The molecular weight excluding hydrogens is 318 g/mol. The third-order valence-corrected chi connectivity index (χ3v) is 4.88. The van der Waals surface area contributed by atoms with Crippen LogP contribution >= 0.6 is 22.9 Å². The maximum Gasteiger partial charge on any atom is 0.253 e. The van der Waals surface area contributed by atoms with E-state index in [1.54, 1.807) is 6.20 Å². The smallest absolute Gasteiger partial charge is 0.253 e. The predicted molar refractivity (Wildman–Crippen MR) is 93.0 cm³/mol. The number of thiophene rings is 1. The lowest BCUT2D eigenvalue weighted by Gasteiger charge is -2.19. The molecule has 1 unspecified atom stereocenters. The number of amides is 1. The fourth-order valence-electron chi connectivity index (χ4n) is 2.17. The molecule has 2 aromatic rings. The topological polar surface area (TPSA) is 45.2 Å². The highest BCUT2D eigenvalue weighted by atomic mass is 35.5. The lowest BCUT2D eigenvalue weighted by Crippen LogP contribution is -2.27. The van der Waals surface area contributed by atoms with Crippen molar-refractivity contribution >= 4 is 34.7 Å². The maximum atomic E-state index is 12.3. The summed E-state index contributed by atoms with van der Waals surface area (Å²) >= 11 is 7.40. The molecule has 0 radical (unpaired) electrons. The van der Waals surface area contributed by atoms with Crippen LogP contribution in [0, 0.1) is 0 Å². The van der Waals surface area contributed by atoms with E-state index >= 15 is 0 Å². The van der Waals surface area contributed by atoms with E-state index in [1.165, 1.54) is 11.3 Å². The van der Waals surface area contributed by atoms with Crippen LogP contribution in [0.25, 0.3) is 0 Å². The Morgan fingerprint density at radius 2 is 2.05 bits per heavy atom. The van der Waals surface area contributed by atoms with Gasteiger partial charge in [-0.1, -0.05) is 11.6 Å². The summed E-state index contributed by atoms with van der Waals surface area (Å²) in [6, 6.07) is 7.38. The highest BCUT2D eigenvalue weighted by Crippen LogP contribution is 2.26. The van der Waals surface area contributed by atoms with Gasteiger partial charge in [-0.25, -0.2) is 4.98 Å². The second kappa shape index (κ2) is 7.61. The van der Waals surface area contributed by atoms with E-state index in [0.29, 0.717) is 5.56 Å². The zero-order valence-corrected chi connectivity index (χ0v) is 14.5. The van der Waals surface area contributed by atoms with Gasteiger partial charge in [-0.15, -0.1) is 11.3 Å². The van der Waals surface area contributed by atoms with Crippen LogP contribution in [-0.2, 0) is 0 Å². The Morgan fingerprint density at radius 1 is 1.32 bits per heavy atom. The van der Waals surface area contributed by atoms with Gasteiger partial charge >= 0.3 is 0 Å². The summed E-state index contributed by atoms with van der Waals surface area (Å²) in [4.78, 5) is 19.8. The molecule has 0 aliphatic rings. The van der Waals surface area contributed by atoms with E-state index < -0.39 is 0 Å². The van der Waals surface area contributed by atoms with Gasteiger partial charge in [0.2, 0.25) is 0 Å². The number of carbonyl (C=O) groups excluding carboxylic acids is 1. The largest absolute Gasteiger partial charge is 0.357 e. The first-order chi connectivity index (χ1) is 10.5. The van der Waals surface area contributed by atoms with Crippen LogP contribution in [0.3, 0.4) is 0 Å². The quantitative estimate of drug-likeness (QED) is 0.861. The molecule has 0 aliphatic heterocycles. The van der Waals surface area contributed by atoms with Crippen molar-refractivity contribution in [3.05, 3.63) is 45.2 Å². The third-order valence-electron chi connectivity index (χ3n) is 3.47. The zero-order chi connectivity index (χ0) is 16.1. The summed E-state index contributed by atoms with van der Waals surface area (Å²) in [7, 11) is 0. The fraction of sp³-hybridized carbons (Fsp3) is 0.375. The first-order valence-corrected chi connectivity index (χ1v) is 8.51. The number of rotatable bonds is 6. The Bertz CT molecular complexity index is 623. The number of halogens is 1. The minimum Gasteiger partial charge on any atom is -0.357 e. The van der Waals surface area contributed by atoms with Gasteiger partial charge < -0.3 is 10.2 Å². The van der Waals surface area contributed by atoms with Gasteiger partial charge in [-0.3, -0.25) is 4.79 Å². The van der Waals surface area contributed by atoms with Crippen molar-refractivity contribution in [2.45, 2.75) is 26.8 Å². The van der Waals surface area contributed by atoms with Gasteiger partial charge in [-0.05, 0) is 45.0 Å². The molecule has 0 spiro atoms. The predicted octanol–water partition coefficient (Wildman–Crippen LogP) is 4.13. The van der Waals surface area contributed by atoms with Crippen molar-refractivity contribution < 1.29 is 4.79 Å². The van der Waals surface area contributed by atoms with Crippen molar-refractivity contribution in [3.63, 3.8) is 0 Å². The minimum absolute atomic E-state index is 0.0764. The molecule has 0 saturated carbocycles. The Labute approximate surface area is 140 Å². The molecule has 118 valence electrons. The number of carbonyl (C=O) groups is 1. The summed E-state index contributed by atoms with van der Waals surface area (Å²) in [5, 5.41) is 2.96. The van der Waals surface area contributed by atoms with E-state index in [2.05, 4.69) is 29.0 Å². The van der Waals surface area contributed by atoms with Crippen LogP contribution in [0.1, 0.15) is 42.0 Å². The molecule has 0 fully saturated rings. The van der Waals surface area contributed by atoms with E-state index in [0.717, 1.165) is 28.1 Å². The Balaban J connectivity index is 2.03. The monoisotopic (exact) mass is 337 g/mol. The van der Waals surface area contributed by atoms with E-state index in [4.69, 9.17) is 11.6 Å². The molecule has 2 heterocycles. The highest BCUT2D eigenvalue weighted by Gasteiger charge is 2.14. The normalized spacial score (nSPS) is 12.0. The van der Waals surface area contributed by atoms with Crippen LogP contribution in [0.15, 0.2) is 30.5 Å². The molecule has 0 aromatic carbocycles. The Hall–Kier alpha value is -1.59. The fourth-order valence-corrected chi connectivity index (χ4v) is 3.23. The first-order valence-electron chi connectivity index (χ1n) is 7.32. The molecule has 2 rings (SSSR count). The summed E-state index contributed by atoms with van der Waals surface area (Å²) in [6.45, 7) is 7.90. The average molecular weight is 338 g/mol. The van der Waals surface area contributed by atoms with Crippen molar-refractivity contribution in [2.24, 2.45) is 0 Å². The van der Waals surface area contributed by atoms with E-state index in [-0.39, 0.29) is 11.9 Å². The molecule has 6 heteroatoms. The molecule has 1 atom stereocenters. The van der Waals surface area contributed by atoms with Gasteiger partial charge in [0.05, 0.1) is 15.9 Å². The summed E-state index contributed by atoms with van der Waals surface area (Å²) in [6.07, 6.45) is 1.62. The second-order valence-electron chi connectivity index (χ2n) is 4.91. The Kier molecular flexibility index (Phi) is 5.80. The number of pyridine rings is 1. The van der Waals surface area contributed by atoms with Crippen molar-refractivity contribution in [1.82, 2.24) is 10.3 Å². The molecule has 1 amide bonds. The average Bonchev–Trinajstić information content (AvgIpc) is 2.96. The lowest BCUT2D eigenvalue weighted by molar-refractivity contribution is 0.0940. The molecule has 22 heavy (non-hydrogen) atoms. The molecule has 2 aromatic heterocycles. The number of aromatic nitrogens is 1. The lowest BCUT2D eigenvalue weighted by atomic mass is 10.2. The summed E-state index contributed by atoms with van der Waals surface area (Å²) < 4.78 is 0.723. The number of hydrogen-bond acceptors (Lipinski definition) is 4. The summed E-state index contributed by atoms with van der Waals surface area (Å²) in [5.74, 6) is 0.759. The number of nitrogens with zero attached hydrogens (tertiary/aromatic N) is 2. The zero-order valence-electron chi connectivity index (χ0n) is 13.0. The number of nitrogens with one attached hydrogen (secondary N) is 1. The molecular formula is C16H20ClN3OS. The van der Waals surface area contributed by atoms with Gasteiger partial charge in [0.1, 0.15) is 5.82 Å². The van der Waals surface area contributed by atoms with Crippen molar-refractivity contribution in [3.8, 4) is 0 Å². The maximum absolute atomic E-state index is 12.3. The van der Waals surface area contributed by atoms with Gasteiger partial charge in [0, 0.05) is 24.2 Å². The number of anilines is 1. The molecule has 1 N–H and O–H groups in total. The first kappa shape index (κ1) is 16.8. The van der Waals surface area contributed by atoms with Gasteiger partial charge in [0.25, 0.3) is 5.91 Å². The van der Waals surface area contributed by atoms with Crippen LogP contribution in [0.5, 0.6) is 0 Å². The van der Waals surface area contributed by atoms with Crippen LogP contribution in [0.4, 0.5) is 5.82 Å². The molecule has 0 aliphatic carbocycles.